The summed E-state index contributed by atoms with van der Waals surface area (Å²) in [5.74, 6) is 0. The van der Waals surface area contributed by atoms with Crippen LogP contribution in [-0.4, -0.2) is 11.1 Å². The van der Waals surface area contributed by atoms with Gasteiger partial charge in [-0.1, -0.05) is 39.2 Å². The zero-order valence-corrected chi connectivity index (χ0v) is 12.3. The fourth-order valence-electron chi connectivity index (χ4n) is 2.53. The molecule has 0 saturated carbocycles. The van der Waals surface area contributed by atoms with Crippen LogP contribution in [-0.2, 0) is 13.1 Å². The standard InChI is InChI=1S/C17H26N2/c1-3-5-6-7-11-19-12-10-16-13-15(14-18-4-2)8-9-17(16)19/h8-10,12-13,18H,3-7,11,14H2,1-2H3. The lowest BCUT2D eigenvalue weighted by molar-refractivity contribution is 0.593. The Morgan fingerprint density at radius 1 is 1.05 bits per heavy atom. The van der Waals surface area contributed by atoms with Gasteiger partial charge in [-0.25, -0.2) is 0 Å². The molecule has 19 heavy (non-hydrogen) atoms. The summed E-state index contributed by atoms with van der Waals surface area (Å²) < 4.78 is 2.39. The normalized spacial score (nSPS) is 11.3. The summed E-state index contributed by atoms with van der Waals surface area (Å²) in [5, 5.41) is 4.74. The highest BCUT2D eigenvalue weighted by Crippen LogP contribution is 2.18. The third kappa shape index (κ3) is 3.84. The topological polar surface area (TPSA) is 17.0 Å². The van der Waals surface area contributed by atoms with Crippen LogP contribution >= 0.6 is 0 Å². The maximum Gasteiger partial charge on any atom is 0.0480 e. The zero-order valence-electron chi connectivity index (χ0n) is 12.3. The van der Waals surface area contributed by atoms with Crippen LogP contribution in [0, 0.1) is 0 Å². The molecule has 2 aromatic rings. The number of fused-ring (bicyclic) bond motifs is 1. The van der Waals surface area contributed by atoms with Gasteiger partial charge in [-0.2, -0.15) is 0 Å². The molecule has 0 aliphatic carbocycles. The number of aromatic nitrogens is 1. The van der Waals surface area contributed by atoms with Crippen LogP contribution < -0.4 is 5.32 Å². The minimum Gasteiger partial charge on any atom is -0.347 e. The summed E-state index contributed by atoms with van der Waals surface area (Å²) in [4.78, 5) is 0. The third-order valence-electron chi connectivity index (χ3n) is 3.67. The van der Waals surface area contributed by atoms with Crippen LogP contribution in [0.3, 0.4) is 0 Å². The minimum absolute atomic E-state index is 0.966. The summed E-state index contributed by atoms with van der Waals surface area (Å²) in [6.45, 7) is 7.54. The second-order valence-corrected chi connectivity index (χ2v) is 5.24. The fourth-order valence-corrected chi connectivity index (χ4v) is 2.53. The molecule has 0 bridgehead atoms. The summed E-state index contributed by atoms with van der Waals surface area (Å²) in [5.41, 5.74) is 2.75. The van der Waals surface area contributed by atoms with Gasteiger partial charge in [0.25, 0.3) is 0 Å². The molecular weight excluding hydrogens is 232 g/mol. The molecule has 1 aromatic heterocycles. The van der Waals surface area contributed by atoms with Gasteiger partial charge < -0.3 is 9.88 Å². The number of hydrogen-bond acceptors (Lipinski definition) is 1. The van der Waals surface area contributed by atoms with Gasteiger partial charge in [-0.05, 0) is 42.1 Å². The van der Waals surface area contributed by atoms with Crippen molar-refractivity contribution in [2.75, 3.05) is 6.54 Å². The molecule has 104 valence electrons. The summed E-state index contributed by atoms with van der Waals surface area (Å²) in [6.07, 6.45) is 7.52. The number of rotatable bonds is 8. The SMILES string of the molecule is CCCCCCn1ccc2cc(CNCC)ccc21. The maximum absolute atomic E-state index is 3.38. The van der Waals surface area contributed by atoms with Gasteiger partial charge in [0, 0.05) is 24.8 Å². The molecule has 1 heterocycles. The summed E-state index contributed by atoms with van der Waals surface area (Å²) in [6, 6.07) is 9.06. The van der Waals surface area contributed by atoms with Crippen LogP contribution in [0.1, 0.15) is 45.1 Å². The van der Waals surface area contributed by atoms with E-state index in [9.17, 15) is 0 Å². The van der Waals surface area contributed by atoms with Gasteiger partial charge in [0.15, 0.2) is 0 Å². The van der Waals surface area contributed by atoms with Crippen molar-refractivity contribution in [3.05, 3.63) is 36.0 Å². The first-order valence-corrected chi connectivity index (χ1v) is 7.63. The smallest absolute Gasteiger partial charge is 0.0480 e. The van der Waals surface area contributed by atoms with Crippen LogP contribution in [0.25, 0.3) is 10.9 Å². The molecular formula is C17H26N2. The highest BCUT2D eigenvalue weighted by Gasteiger charge is 2.02. The zero-order chi connectivity index (χ0) is 13.5. The highest BCUT2D eigenvalue weighted by molar-refractivity contribution is 5.80. The van der Waals surface area contributed by atoms with E-state index in [1.807, 2.05) is 0 Å². The molecule has 0 fully saturated rings. The van der Waals surface area contributed by atoms with Crippen molar-refractivity contribution in [1.29, 1.82) is 0 Å². The Morgan fingerprint density at radius 3 is 2.74 bits per heavy atom. The molecule has 0 spiro atoms. The fraction of sp³-hybridized carbons (Fsp3) is 0.529. The first-order chi connectivity index (χ1) is 9.35. The summed E-state index contributed by atoms with van der Waals surface area (Å²) >= 11 is 0. The van der Waals surface area contributed by atoms with Gasteiger partial charge in [0.2, 0.25) is 0 Å². The second-order valence-electron chi connectivity index (χ2n) is 5.24. The van der Waals surface area contributed by atoms with E-state index in [4.69, 9.17) is 0 Å². The van der Waals surface area contributed by atoms with E-state index in [0.717, 1.165) is 19.6 Å². The van der Waals surface area contributed by atoms with Crippen LogP contribution in [0.2, 0.25) is 0 Å². The van der Waals surface area contributed by atoms with Crippen molar-refractivity contribution in [2.24, 2.45) is 0 Å². The lowest BCUT2D eigenvalue weighted by Crippen LogP contribution is -2.11. The first-order valence-electron chi connectivity index (χ1n) is 7.63. The van der Waals surface area contributed by atoms with Crippen molar-refractivity contribution < 1.29 is 0 Å². The molecule has 0 atom stereocenters. The van der Waals surface area contributed by atoms with Gasteiger partial charge in [0.05, 0.1) is 0 Å². The predicted octanol–water partition coefficient (Wildman–Crippen LogP) is 4.33. The highest BCUT2D eigenvalue weighted by atomic mass is 14.9. The Morgan fingerprint density at radius 2 is 1.95 bits per heavy atom. The Balaban J connectivity index is 2.02. The Labute approximate surface area is 116 Å². The van der Waals surface area contributed by atoms with Crippen molar-refractivity contribution in [1.82, 2.24) is 9.88 Å². The minimum atomic E-state index is 0.966. The van der Waals surface area contributed by atoms with Crippen molar-refractivity contribution in [2.45, 2.75) is 52.6 Å². The lowest BCUT2D eigenvalue weighted by atomic mass is 10.1. The first kappa shape index (κ1) is 14.1. The number of nitrogens with zero attached hydrogens (tertiary/aromatic N) is 1. The van der Waals surface area contributed by atoms with Gasteiger partial charge >= 0.3 is 0 Å². The molecule has 0 unspecified atom stereocenters. The molecule has 0 aliphatic heterocycles. The van der Waals surface area contributed by atoms with E-state index >= 15 is 0 Å². The Kier molecular flexibility index (Phi) is 5.46. The number of nitrogens with one attached hydrogen (secondary N) is 1. The molecule has 0 amide bonds. The number of hydrogen-bond donors (Lipinski definition) is 1. The molecule has 2 nitrogen and oxygen atoms in total. The summed E-state index contributed by atoms with van der Waals surface area (Å²) in [7, 11) is 0. The molecule has 1 N–H and O–H groups in total. The predicted molar refractivity (Wildman–Crippen MR) is 83.5 cm³/mol. The molecule has 2 heteroatoms. The van der Waals surface area contributed by atoms with Crippen molar-refractivity contribution in [3.8, 4) is 0 Å². The van der Waals surface area contributed by atoms with E-state index in [2.05, 4.69) is 54.2 Å². The molecule has 0 aliphatic rings. The van der Waals surface area contributed by atoms with Crippen LogP contribution in [0.15, 0.2) is 30.5 Å². The molecule has 1 aromatic carbocycles. The Bertz CT molecular complexity index is 499. The largest absolute Gasteiger partial charge is 0.347 e. The molecule has 0 radical (unpaired) electrons. The number of benzene rings is 1. The van der Waals surface area contributed by atoms with Crippen LogP contribution in [0.5, 0.6) is 0 Å². The average Bonchev–Trinajstić information content (AvgIpc) is 2.84. The van der Waals surface area contributed by atoms with E-state index in [1.54, 1.807) is 0 Å². The van der Waals surface area contributed by atoms with Crippen molar-refractivity contribution in [3.63, 3.8) is 0 Å². The second kappa shape index (κ2) is 7.34. The monoisotopic (exact) mass is 258 g/mol. The Hall–Kier alpha value is -1.28. The van der Waals surface area contributed by atoms with E-state index in [1.165, 1.54) is 42.1 Å². The van der Waals surface area contributed by atoms with E-state index < -0.39 is 0 Å². The number of aryl methyl sites for hydroxylation is 1. The molecule has 0 saturated heterocycles. The lowest BCUT2D eigenvalue weighted by Gasteiger charge is -2.06. The maximum atomic E-state index is 3.38. The van der Waals surface area contributed by atoms with Crippen molar-refractivity contribution >= 4 is 10.9 Å². The van der Waals surface area contributed by atoms with E-state index in [-0.39, 0.29) is 0 Å². The quantitative estimate of drug-likeness (QED) is 0.697. The average molecular weight is 258 g/mol. The van der Waals surface area contributed by atoms with Crippen LogP contribution in [0.4, 0.5) is 0 Å². The molecule has 2 rings (SSSR count). The number of unbranched alkanes of at least 4 members (excludes halogenated alkanes) is 3. The van der Waals surface area contributed by atoms with Gasteiger partial charge in [-0.3, -0.25) is 0 Å². The van der Waals surface area contributed by atoms with E-state index in [0.29, 0.717) is 0 Å². The van der Waals surface area contributed by atoms with Gasteiger partial charge in [-0.15, -0.1) is 0 Å². The third-order valence-corrected chi connectivity index (χ3v) is 3.67. The van der Waals surface area contributed by atoms with Gasteiger partial charge in [0.1, 0.15) is 0 Å².